The van der Waals surface area contributed by atoms with Gasteiger partial charge in [0.1, 0.15) is 0 Å². The minimum atomic E-state index is 0.256. The van der Waals surface area contributed by atoms with Crippen LogP contribution in [0.5, 0.6) is 0 Å². The molecule has 1 aromatic heterocycles. The van der Waals surface area contributed by atoms with Crippen molar-refractivity contribution < 1.29 is 0 Å². The summed E-state index contributed by atoms with van der Waals surface area (Å²) in [5.41, 5.74) is 2.58. The van der Waals surface area contributed by atoms with Crippen molar-refractivity contribution in [2.75, 3.05) is 6.54 Å². The highest BCUT2D eigenvalue weighted by Gasteiger charge is 2.25. The molecule has 96 valence electrons. The third kappa shape index (κ3) is 2.56. The number of para-hydroxylation sites is 2. The van der Waals surface area contributed by atoms with Gasteiger partial charge < -0.3 is 9.88 Å². The number of hydrogen-bond acceptors (Lipinski definition) is 2. The van der Waals surface area contributed by atoms with Gasteiger partial charge in [0.15, 0.2) is 0 Å². The Kier molecular flexibility index (Phi) is 2.86. The van der Waals surface area contributed by atoms with Gasteiger partial charge in [0.25, 0.3) is 0 Å². The van der Waals surface area contributed by atoms with Gasteiger partial charge in [-0.1, -0.05) is 26.0 Å². The van der Waals surface area contributed by atoms with Crippen molar-refractivity contribution >= 4 is 11.0 Å². The molecule has 0 amide bonds. The first-order chi connectivity index (χ1) is 8.64. The molecule has 18 heavy (non-hydrogen) atoms. The Labute approximate surface area is 108 Å². The first kappa shape index (κ1) is 11.7. The number of benzene rings is 1. The summed E-state index contributed by atoms with van der Waals surface area (Å²) in [6.45, 7) is 6.71. The topological polar surface area (TPSA) is 29.9 Å². The van der Waals surface area contributed by atoms with Gasteiger partial charge >= 0.3 is 0 Å². The van der Waals surface area contributed by atoms with E-state index < -0.39 is 0 Å². The van der Waals surface area contributed by atoms with Crippen LogP contribution in [0, 0.1) is 5.41 Å². The van der Waals surface area contributed by atoms with Crippen LogP contribution in [0.25, 0.3) is 11.0 Å². The van der Waals surface area contributed by atoms with Crippen LogP contribution in [0.2, 0.25) is 0 Å². The van der Waals surface area contributed by atoms with E-state index in [1.807, 2.05) is 12.4 Å². The lowest BCUT2D eigenvalue weighted by Crippen LogP contribution is -2.34. The van der Waals surface area contributed by atoms with Gasteiger partial charge in [-0.05, 0) is 30.4 Å². The number of aromatic nitrogens is 2. The van der Waals surface area contributed by atoms with Crippen LogP contribution in [0.3, 0.4) is 0 Å². The molecule has 0 bridgehead atoms. The first-order valence-electron chi connectivity index (χ1n) is 6.77. The molecular weight excluding hydrogens is 222 g/mol. The van der Waals surface area contributed by atoms with Gasteiger partial charge in [-0.2, -0.15) is 0 Å². The van der Waals surface area contributed by atoms with Crippen molar-refractivity contribution in [3.63, 3.8) is 0 Å². The van der Waals surface area contributed by atoms with E-state index in [1.54, 1.807) is 0 Å². The maximum atomic E-state index is 4.45. The van der Waals surface area contributed by atoms with Crippen molar-refractivity contribution in [2.45, 2.75) is 39.3 Å². The lowest BCUT2D eigenvalue weighted by atomic mass is 9.93. The van der Waals surface area contributed by atoms with E-state index in [0.29, 0.717) is 0 Å². The van der Waals surface area contributed by atoms with Crippen molar-refractivity contribution in [1.82, 2.24) is 14.9 Å². The second-order valence-corrected chi connectivity index (χ2v) is 6.18. The van der Waals surface area contributed by atoms with Crippen LogP contribution in [0.1, 0.15) is 26.7 Å². The summed E-state index contributed by atoms with van der Waals surface area (Å²) in [7, 11) is 0. The molecule has 1 aliphatic carbocycles. The fourth-order valence-electron chi connectivity index (χ4n) is 2.36. The summed E-state index contributed by atoms with van der Waals surface area (Å²) in [5.74, 6) is 0. The quantitative estimate of drug-likeness (QED) is 0.875. The van der Waals surface area contributed by atoms with E-state index in [-0.39, 0.29) is 5.41 Å². The molecular formula is C15H21N3. The number of rotatable bonds is 5. The van der Waals surface area contributed by atoms with Crippen LogP contribution in [0.15, 0.2) is 30.6 Å². The van der Waals surface area contributed by atoms with Crippen molar-refractivity contribution in [3.8, 4) is 0 Å². The van der Waals surface area contributed by atoms with Crippen LogP contribution >= 0.6 is 0 Å². The zero-order valence-electron chi connectivity index (χ0n) is 11.2. The Balaban J connectivity index is 1.73. The Morgan fingerprint density at radius 2 is 2.11 bits per heavy atom. The first-order valence-corrected chi connectivity index (χ1v) is 6.77. The average Bonchev–Trinajstić information content (AvgIpc) is 3.10. The highest BCUT2D eigenvalue weighted by molar-refractivity contribution is 5.74. The van der Waals surface area contributed by atoms with Crippen molar-refractivity contribution in [3.05, 3.63) is 30.6 Å². The number of nitrogens with one attached hydrogen (secondary N) is 1. The van der Waals surface area contributed by atoms with E-state index >= 15 is 0 Å². The van der Waals surface area contributed by atoms with E-state index in [0.717, 1.165) is 24.6 Å². The molecule has 3 nitrogen and oxygen atoms in total. The Hall–Kier alpha value is -1.35. The zero-order valence-corrected chi connectivity index (χ0v) is 11.2. The van der Waals surface area contributed by atoms with E-state index in [2.05, 4.69) is 46.9 Å². The van der Waals surface area contributed by atoms with Crippen LogP contribution in [0.4, 0.5) is 0 Å². The van der Waals surface area contributed by atoms with Crippen molar-refractivity contribution in [1.29, 1.82) is 0 Å². The lowest BCUT2D eigenvalue weighted by Gasteiger charge is -2.26. The molecule has 0 spiro atoms. The normalized spacial score (nSPS) is 16.3. The Morgan fingerprint density at radius 1 is 1.33 bits per heavy atom. The molecule has 0 unspecified atom stereocenters. The molecule has 0 saturated heterocycles. The molecule has 1 saturated carbocycles. The number of nitrogens with zero attached hydrogens (tertiary/aromatic N) is 2. The summed E-state index contributed by atoms with van der Waals surface area (Å²) in [5, 5.41) is 3.62. The summed E-state index contributed by atoms with van der Waals surface area (Å²) >= 11 is 0. The Morgan fingerprint density at radius 3 is 2.89 bits per heavy atom. The minimum Gasteiger partial charge on any atom is -0.330 e. The van der Waals surface area contributed by atoms with Gasteiger partial charge in [-0.3, -0.25) is 0 Å². The maximum Gasteiger partial charge on any atom is 0.0958 e. The molecule has 2 aromatic rings. The molecule has 1 N–H and O–H groups in total. The van der Waals surface area contributed by atoms with Crippen LogP contribution in [-0.4, -0.2) is 22.1 Å². The van der Waals surface area contributed by atoms with Crippen LogP contribution in [-0.2, 0) is 6.54 Å². The second-order valence-electron chi connectivity index (χ2n) is 6.18. The predicted molar refractivity (Wildman–Crippen MR) is 74.5 cm³/mol. The summed E-state index contributed by atoms with van der Waals surface area (Å²) < 4.78 is 2.27. The molecule has 0 atom stereocenters. The smallest absolute Gasteiger partial charge is 0.0958 e. The highest BCUT2D eigenvalue weighted by atomic mass is 15.1. The van der Waals surface area contributed by atoms with Crippen molar-refractivity contribution in [2.24, 2.45) is 5.41 Å². The lowest BCUT2D eigenvalue weighted by molar-refractivity contribution is 0.291. The third-order valence-corrected chi connectivity index (χ3v) is 3.57. The third-order valence-electron chi connectivity index (χ3n) is 3.57. The van der Waals surface area contributed by atoms with E-state index in [4.69, 9.17) is 0 Å². The largest absolute Gasteiger partial charge is 0.330 e. The molecule has 1 aliphatic rings. The standard InChI is InChI=1S/C15H21N3/c1-15(2,9-16-12-7-8-12)10-18-11-17-13-5-3-4-6-14(13)18/h3-6,11-12,16H,7-10H2,1-2H3. The predicted octanol–water partition coefficient (Wildman–Crippen LogP) is 2.81. The average molecular weight is 243 g/mol. The van der Waals surface area contributed by atoms with Gasteiger partial charge in [-0.15, -0.1) is 0 Å². The van der Waals surface area contributed by atoms with Gasteiger partial charge in [0.05, 0.1) is 17.4 Å². The molecule has 3 heteroatoms. The minimum absolute atomic E-state index is 0.256. The molecule has 1 fully saturated rings. The summed E-state index contributed by atoms with van der Waals surface area (Å²) in [4.78, 5) is 4.45. The SMILES string of the molecule is CC(C)(CNC1CC1)Cn1cnc2ccccc21. The molecule has 0 aliphatic heterocycles. The van der Waals surface area contributed by atoms with E-state index in [9.17, 15) is 0 Å². The molecule has 3 rings (SSSR count). The number of imidazole rings is 1. The fraction of sp³-hybridized carbons (Fsp3) is 0.533. The van der Waals surface area contributed by atoms with Crippen LogP contribution < -0.4 is 5.32 Å². The van der Waals surface area contributed by atoms with E-state index in [1.165, 1.54) is 18.4 Å². The summed E-state index contributed by atoms with van der Waals surface area (Å²) in [6, 6.07) is 9.12. The second kappa shape index (κ2) is 4.39. The number of hydrogen-bond donors (Lipinski definition) is 1. The maximum absolute atomic E-state index is 4.45. The zero-order chi connectivity index (χ0) is 12.6. The number of fused-ring (bicyclic) bond motifs is 1. The molecule has 0 radical (unpaired) electrons. The Bertz CT molecular complexity index is 537. The molecule has 1 aromatic carbocycles. The highest BCUT2D eigenvalue weighted by Crippen LogP contribution is 2.24. The van der Waals surface area contributed by atoms with Gasteiger partial charge in [0.2, 0.25) is 0 Å². The van der Waals surface area contributed by atoms with Gasteiger partial charge in [-0.25, -0.2) is 4.98 Å². The summed E-state index contributed by atoms with van der Waals surface area (Å²) in [6.07, 6.45) is 4.66. The molecule has 1 heterocycles. The fourth-order valence-corrected chi connectivity index (χ4v) is 2.36. The van der Waals surface area contributed by atoms with Gasteiger partial charge in [0, 0.05) is 19.1 Å². The monoisotopic (exact) mass is 243 g/mol.